The van der Waals surface area contributed by atoms with Crippen LogP contribution in [0.3, 0.4) is 0 Å². The second kappa shape index (κ2) is 11.9. The Bertz CT molecular complexity index is 975. The zero-order valence-corrected chi connectivity index (χ0v) is 20.9. The summed E-state index contributed by atoms with van der Waals surface area (Å²) in [5.74, 6) is 0.258. The molecule has 1 fully saturated rings. The summed E-state index contributed by atoms with van der Waals surface area (Å²) in [6, 6.07) is 8.34. The van der Waals surface area contributed by atoms with Gasteiger partial charge in [0.05, 0.1) is 6.61 Å². The molecule has 0 radical (unpaired) electrons. The molecule has 10 heteroatoms. The lowest BCUT2D eigenvalue weighted by Gasteiger charge is -2.39. The Morgan fingerprint density at radius 2 is 1.71 bits per heavy atom. The average Bonchev–Trinajstić information content (AvgIpc) is 3.14. The maximum atomic E-state index is 11.5. The summed E-state index contributed by atoms with van der Waals surface area (Å²) >= 11 is 0. The number of aliphatic hydroxyl groups is 3. The molecule has 1 aliphatic heterocycles. The summed E-state index contributed by atoms with van der Waals surface area (Å²) in [6.07, 6.45) is -6.55. The number of rotatable bonds is 9. The van der Waals surface area contributed by atoms with E-state index in [1.54, 1.807) is 6.92 Å². The van der Waals surface area contributed by atoms with Gasteiger partial charge < -0.3 is 34.3 Å². The molecule has 3 rings (SSSR count). The van der Waals surface area contributed by atoms with E-state index in [0.29, 0.717) is 6.42 Å². The minimum Gasteiger partial charge on any atom is -0.443 e. The van der Waals surface area contributed by atoms with Crippen molar-refractivity contribution in [3.63, 3.8) is 0 Å². The van der Waals surface area contributed by atoms with Gasteiger partial charge >= 0.3 is 6.16 Å². The molecule has 194 valence electrons. The van der Waals surface area contributed by atoms with Crippen LogP contribution in [0.2, 0.25) is 0 Å². The van der Waals surface area contributed by atoms with E-state index in [1.807, 2.05) is 25.5 Å². The Morgan fingerprint density at radius 1 is 1.06 bits per heavy atom. The maximum absolute atomic E-state index is 11.5. The number of aryl methyl sites for hydroxylation is 1. The van der Waals surface area contributed by atoms with Crippen molar-refractivity contribution >= 4 is 6.16 Å². The lowest BCUT2D eigenvalue weighted by atomic mass is 9.99. The van der Waals surface area contributed by atoms with Crippen molar-refractivity contribution in [3.8, 4) is 5.88 Å². The van der Waals surface area contributed by atoms with E-state index in [9.17, 15) is 20.1 Å². The molecule has 3 N–H and O–H groups in total. The number of hydrogen-bond acceptors (Lipinski definition) is 9. The van der Waals surface area contributed by atoms with Crippen molar-refractivity contribution in [2.24, 2.45) is 0 Å². The highest BCUT2D eigenvalue weighted by Gasteiger charge is 2.46. The Morgan fingerprint density at radius 3 is 2.31 bits per heavy atom. The molecule has 1 aromatic heterocycles. The lowest BCUT2D eigenvalue weighted by Crippen LogP contribution is -2.60. The average molecular weight is 493 g/mol. The van der Waals surface area contributed by atoms with Gasteiger partial charge in [0.25, 0.3) is 0 Å². The summed E-state index contributed by atoms with van der Waals surface area (Å²) in [5, 5.41) is 35.8. The SMILES string of the molecule is CCOC(=O)OC[C@H]1OC(Oc2nn(C(C)C)c(C)c2Cc2ccc(CC)cc2)[C@H](O)[C@@H](O)[C@@H]1O. The highest BCUT2D eigenvalue weighted by atomic mass is 16.7. The first-order valence-electron chi connectivity index (χ1n) is 12.0. The summed E-state index contributed by atoms with van der Waals surface area (Å²) in [5.41, 5.74) is 4.03. The maximum Gasteiger partial charge on any atom is 0.508 e. The molecule has 0 aliphatic carbocycles. The first kappa shape index (κ1) is 26.9. The van der Waals surface area contributed by atoms with Gasteiger partial charge in [-0.2, -0.15) is 0 Å². The summed E-state index contributed by atoms with van der Waals surface area (Å²) in [4.78, 5) is 11.5. The molecule has 10 nitrogen and oxygen atoms in total. The number of ether oxygens (including phenoxy) is 4. The molecular formula is C25H36N2O8. The highest BCUT2D eigenvalue weighted by molar-refractivity contribution is 5.59. The van der Waals surface area contributed by atoms with Crippen LogP contribution in [0.15, 0.2) is 24.3 Å². The zero-order chi connectivity index (χ0) is 25.7. The van der Waals surface area contributed by atoms with Crippen LogP contribution in [0.1, 0.15) is 56.1 Å². The largest absolute Gasteiger partial charge is 0.508 e. The van der Waals surface area contributed by atoms with Crippen molar-refractivity contribution in [2.75, 3.05) is 13.2 Å². The van der Waals surface area contributed by atoms with Gasteiger partial charge in [-0.3, -0.25) is 4.68 Å². The van der Waals surface area contributed by atoms with Gasteiger partial charge in [0.1, 0.15) is 31.0 Å². The third-order valence-electron chi connectivity index (χ3n) is 6.06. The fraction of sp³-hybridized carbons (Fsp3) is 0.600. The Labute approximate surface area is 205 Å². The lowest BCUT2D eigenvalue weighted by molar-refractivity contribution is -0.278. The first-order valence-corrected chi connectivity index (χ1v) is 12.0. The van der Waals surface area contributed by atoms with E-state index in [1.165, 1.54) is 5.56 Å². The van der Waals surface area contributed by atoms with Gasteiger partial charge in [-0.05, 0) is 45.2 Å². The van der Waals surface area contributed by atoms with Crippen LogP contribution in [0, 0.1) is 6.92 Å². The molecule has 0 saturated carbocycles. The number of aromatic nitrogens is 2. The molecule has 1 unspecified atom stereocenters. The van der Waals surface area contributed by atoms with E-state index in [0.717, 1.165) is 23.2 Å². The van der Waals surface area contributed by atoms with Crippen molar-refractivity contribution < 1.29 is 39.1 Å². The zero-order valence-electron chi connectivity index (χ0n) is 20.9. The molecule has 2 aromatic rings. The summed E-state index contributed by atoms with van der Waals surface area (Å²) < 4.78 is 23.2. The van der Waals surface area contributed by atoms with Crippen LogP contribution in [0.4, 0.5) is 4.79 Å². The van der Waals surface area contributed by atoms with Crippen LogP contribution >= 0.6 is 0 Å². The number of nitrogens with zero attached hydrogens (tertiary/aromatic N) is 2. The van der Waals surface area contributed by atoms with Crippen molar-refractivity contribution in [1.29, 1.82) is 0 Å². The van der Waals surface area contributed by atoms with Crippen LogP contribution in [0.5, 0.6) is 5.88 Å². The highest BCUT2D eigenvalue weighted by Crippen LogP contribution is 2.30. The summed E-state index contributed by atoms with van der Waals surface area (Å²) in [7, 11) is 0. The van der Waals surface area contributed by atoms with Gasteiger partial charge in [-0.1, -0.05) is 31.2 Å². The van der Waals surface area contributed by atoms with Gasteiger partial charge in [0.15, 0.2) is 0 Å². The third-order valence-corrected chi connectivity index (χ3v) is 6.06. The normalized spacial score (nSPS) is 24.4. The number of aliphatic hydroxyl groups excluding tert-OH is 3. The van der Waals surface area contributed by atoms with Crippen molar-refractivity contribution in [1.82, 2.24) is 9.78 Å². The number of carbonyl (C=O) groups is 1. The fourth-order valence-electron chi connectivity index (χ4n) is 4.00. The van der Waals surface area contributed by atoms with E-state index in [2.05, 4.69) is 36.3 Å². The molecule has 0 amide bonds. The van der Waals surface area contributed by atoms with Crippen molar-refractivity contribution in [2.45, 2.75) is 84.2 Å². The molecule has 0 spiro atoms. The molecule has 35 heavy (non-hydrogen) atoms. The predicted octanol–water partition coefficient (Wildman–Crippen LogP) is 2.29. The summed E-state index contributed by atoms with van der Waals surface area (Å²) in [6.45, 7) is 9.41. The second-order valence-electron chi connectivity index (χ2n) is 8.88. The number of hydrogen-bond donors (Lipinski definition) is 3. The van der Waals surface area contributed by atoms with E-state index >= 15 is 0 Å². The number of benzene rings is 1. The van der Waals surface area contributed by atoms with Crippen LogP contribution in [0.25, 0.3) is 0 Å². The second-order valence-corrected chi connectivity index (χ2v) is 8.88. The monoisotopic (exact) mass is 492 g/mol. The van der Waals surface area contributed by atoms with E-state index in [4.69, 9.17) is 18.9 Å². The standard InChI is InChI=1S/C25H36N2O8/c1-6-16-8-10-17(11-9-16)12-18-15(5)27(14(3)4)26-23(18)35-24-22(30)21(29)20(28)19(34-24)13-33-25(31)32-7-2/h8-11,14,19-22,24,28-30H,6-7,12-13H2,1-5H3/t19-,20-,21+,22-,24?/m1/s1. The van der Waals surface area contributed by atoms with Gasteiger partial charge in [-0.15, -0.1) is 5.10 Å². The van der Waals surface area contributed by atoms with Gasteiger partial charge in [0.2, 0.25) is 12.2 Å². The molecule has 5 atom stereocenters. The smallest absolute Gasteiger partial charge is 0.443 e. The van der Waals surface area contributed by atoms with Crippen molar-refractivity contribution in [3.05, 3.63) is 46.6 Å². The Kier molecular flexibility index (Phi) is 9.12. The Balaban J connectivity index is 1.83. The molecule has 1 aliphatic rings. The third kappa shape index (κ3) is 6.32. The topological polar surface area (TPSA) is 132 Å². The van der Waals surface area contributed by atoms with Crippen LogP contribution in [-0.4, -0.2) is 75.2 Å². The Hall–Kier alpha value is -2.66. The minimum atomic E-state index is -1.58. The molecule has 0 bridgehead atoms. The van der Waals surface area contributed by atoms with Crippen LogP contribution in [-0.2, 0) is 27.1 Å². The minimum absolute atomic E-state index is 0.0592. The first-order chi connectivity index (χ1) is 16.7. The molecular weight excluding hydrogens is 456 g/mol. The molecule has 1 saturated heterocycles. The predicted molar refractivity (Wildman–Crippen MR) is 126 cm³/mol. The quantitative estimate of drug-likeness (QED) is 0.451. The van der Waals surface area contributed by atoms with E-state index < -0.39 is 36.9 Å². The van der Waals surface area contributed by atoms with Gasteiger partial charge in [-0.25, -0.2) is 4.79 Å². The van der Waals surface area contributed by atoms with E-state index in [-0.39, 0.29) is 25.1 Å². The fourth-order valence-corrected chi connectivity index (χ4v) is 4.00. The number of carbonyl (C=O) groups excluding carboxylic acids is 1. The van der Waals surface area contributed by atoms with Gasteiger partial charge in [0, 0.05) is 23.7 Å². The van der Waals surface area contributed by atoms with Crippen LogP contribution < -0.4 is 4.74 Å². The molecule has 2 heterocycles. The molecule has 1 aromatic carbocycles.